The highest BCUT2D eigenvalue weighted by Crippen LogP contribution is 2.29. The summed E-state index contributed by atoms with van der Waals surface area (Å²) >= 11 is 9.20. The number of halogens is 2. The Morgan fingerprint density at radius 2 is 2.23 bits per heavy atom. The summed E-state index contributed by atoms with van der Waals surface area (Å²) in [5.74, 6) is 0. The monoisotopic (exact) mass is 254 g/mol. The molecule has 13 heavy (non-hydrogen) atoms. The number of nitriles is 1. The number of benzene rings is 1. The van der Waals surface area contributed by atoms with Crippen LogP contribution in [0.2, 0.25) is 5.02 Å². The number of hydrogen-bond donors (Lipinski definition) is 1. The summed E-state index contributed by atoms with van der Waals surface area (Å²) in [5, 5.41) is 10.3. The standard InChI is InChI=1S/C9H4BrClN2/c10-7-1-6-5(3-12)4-13-9(6)2-8(7)11/h1-2,4,13H. The first kappa shape index (κ1) is 8.61. The molecule has 0 unspecified atom stereocenters. The van der Waals surface area contributed by atoms with Crippen LogP contribution >= 0.6 is 27.5 Å². The van der Waals surface area contributed by atoms with E-state index in [0.29, 0.717) is 10.6 Å². The van der Waals surface area contributed by atoms with Gasteiger partial charge in [-0.3, -0.25) is 0 Å². The second-order valence-electron chi connectivity index (χ2n) is 2.63. The largest absolute Gasteiger partial charge is 0.360 e. The first-order valence-corrected chi connectivity index (χ1v) is 4.75. The molecule has 2 aromatic rings. The molecule has 0 fully saturated rings. The molecule has 0 saturated heterocycles. The lowest BCUT2D eigenvalue weighted by atomic mass is 10.2. The van der Waals surface area contributed by atoms with Crippen LogP contribution < -0.4 is 0 Å². The molecule has 2 rings (SSSR count). The van der Waals surface area contributed by atoms with Gasteiger partial charge in [-0.2, -0.15) is 5.26 Å². The molecule has 0 amide bonds. The maximum Gasteiger partial charge on any atom is 0.101 e. The fraction of sp³-hybridized carbons (Fsp3) is 0. The number of fused-ring (bicyclic) bond motifs is 1. The van der Waals surface area contributed by atoms with E-state index in [-0.39, 0.29) is 0 Å². The van der Waals surface area contributed by atoms with Gasteiger partial charge < -0.3 is 4.98 Å². The van der Waals surface area contributed by atoms with Crippen LogP contribution in [0.1, 0.15) is 5.56 Å². The first-order chi connectivity index (χ1) is 6.22. The van der Waals surface area contributed by atoms with Crippen molar-refractivity contribution in [3.63, 3.8) is 0 Å². The van der Waals surface area contributed by atoms with E-state index in [1.54, 1.807) is 12.3 Å². The fourth-order valence-electron chi connectivity index (χ4n) is 1.21. The predicted octanol–water partition coefficient (Wildman–Crippen LogP) is 3.46. The molecule has 0 bridgehead atoms. The van der Waals surface area contributed by atoms with E-state index in [0.717, 1.165) is 15.4 Å². The zero-order valence-electron chi connectivity index (χ0n) is 6.44. The lowest BCUT2D eigenvalue weighted by molar-refractivity contribution is 1.45. The number of aromatic nitrogens is 1. The van der Waals surface area contributed by atoms with Gasteiger partial charge in [-0.15, -0.1) is 0 Å². The lowest BCUT2D eigenvalue weighted by Crippen LogP contribution is -1.73. The maximum absolute atomic E-state index is 8.77. The van der Waals surface area contributed by atoms with Crippen molar-refractivity contribution in [1.29, 1.82) is 5.26 Å². The van der Waals surface area contributed by atoms with Gasteiger partial charge in [0.05, 0.1) is 10.6 Å². The number of hydrogen-bond acceptors (Lipinski definition) is 1. The number of H-pyrrole nitrogens is 1. The van der Waals surface area contributed by atoms with Crippen molar-refractivity contribution in [2.45, 2.75) is 0 Å². The number of nitrogens with zero attached hydrogens (tertiary/aromatic N) is 1. The normalized spacial score (nSPS) is 10.2. The SMILES string of the molecule is N#Cc1c[nH]c2cc(Cl)c(Br)cc12. The van der Waals surface area contributed by atoms with Crippen molar-refractivity contribution in [1.82, 2.24) is 4.98 Å². The molecule has 1 aromatic heterocycles. The Balaban J connectivity index is 2.86. The molecule has 64 valence electrons. The third-order valence-electron chi connectivity index (χ3n) is 1.84. The van der Waals surface area contributed by atoms with Gasteiger partial charge in [0.1, 0.15) is 6.07 Å². The Morgan fingerprint density at radius 3 is 2.92 bits per heavy atom. The summed E-state index contributed by atoms with van der Waals surface area (Å²) in [6.07, 6.45) is 1.67. The van der Waals surface area contributed by atoms with Crippen LogP contribution in [0.3, 0.4) is 0 Å². The highest BCUT2D eigenvalue weighted by atomic mass is 79.9. The van der Waals surface area contributed by atoms with Crippen LogP contribution in [0.4, 0.5) is 0 Å². The van der Waals surface area contributed by atoms with Crippen molar-refractivity contribution < 1.29 is 0 Å². The van der Waals surface area contributed by atoms with Crippen molar-refractivity contribution in [3.05, 3.63) is 33.4 Å². The zero-order valence-corrected chi connectivity index (χ0v) is 8.78. The highest BCUT2D eigenvalue weighted by Gasteiger charge is 2.05. The molecule has 0 aliphatic heterocycles. The summed E-state index contributed by atoms with van der Waals surface area (Å²) in [5.41, 5.74) is 1.51. The molecule has 1 aromatic carbocycles. The molecule has 0 aliphatic rings. The molecular formula is C9H4BrClN2. The summed E-state index contributed by atoms with van der Waals surface area (Å²) in [6.45, 7) is 0. The Labute approximate surface area is 88.3 Å². The number of aromatic amines is 1. The van der Waals surface area contributed by atoms with Crippen molar-refractivity contribution >= 4 is 38.4 Å². The molecule has 4 heteroatoms. The van der Waals surface area contributed by atoms with Crippen LogP contribution in [0.5, 0.6) is 0 Å². The molecule has 1 N–H and O–H groups in total. The lowest BCUT2D eigenvalue weighted by Gasteiger charge is -1.95. The van der Waals surface area contributed by atoms with Crippen LogP contribution in [-0.4, -0.2) is 4.98 Å². The van der Waals surface area contributed by atoms with Gasteiger partial charge >= 0.3 is 0 Å². The second kappa shape index (κ2) is 3.06. The fourth-order valence-corrected chi connectivity index (χ4v) is 1.72. The van der Waals surface area contributed by atoms with Gasteiger partial charge in [0, 0.05) is 21.6 Å². The molecule has 2 nitrogen and oxygen atoms in total. The molecule has 0 radical (unpaired) electrons. The second-order valence-corrected chi connectivity index (χ2v) is 3.89. The van der Waals surface area contributed by atoms with Gasteiger partial charge in [-0.25, -0.2) is 0 Å². The Hall–Kier alpha value is -0.980. The van der Waals surface area contributed by atoms with E-state index in [9.17, 15) is 0 Å². The molecular weight excluding hydrogens is 251 g/mol. The third kappa shape index (κ3) is 1.32. The molecule has 0 atom stereocenters. The smallest absolute Gasteiger partial charge is 0.101 e. The van der Waals surface area contributed by atoms with E-state index in [1.165, 1.54) is 0 Å². The van der Waals surface area contributed by atoms with Crippen molar-refractivity contribution in [3.8, 4) is 6.07 Å². The molecule has 0 spiro atoms. The van der Waals surface area contributed by atoms with Gasteiger partial charge in [0.15, 0.2) is 0 Å². The average molecular weight is 256 g/mol. The van der Waals surface area contributed by atoms with Gasteiger partial charge in [-0.05, 0) is 28.1 Å². The van der Waals surface area contributed by atoms with E-state index in [1.807, 2.05) is 6.07 Å². The molecule has 0 saturated carbocycles. The maximum atomic E-state index is 8.77. The minimum absolute atomic E-state index is 0.632. The minimum atomic E-state index is 0.632. The quantitative estimate of drug-likeness (QED) is 0.769. The van der Waals surface area contributed by atoms with E-state index in [2.05, 4.69) is 27.0 Å². The topological polar surface area (TPSA) is 39.6 Å². The number of rotatable bonds is 0. The van der Waals surface area contributed by atoms with E-state index >= 15 is 0 Å². The minimum Gasteiger partial charge on any atom is -0.360 e. The summed E-state index contributed by atoms with van der Waals surface area (Å²) in [7, 11) is 0. The Morgan fingerprint density at radius 1 is 1.46 bits per heavy atom. The number of nitrogens with one attached hydrogen (secondary N) is 1. The zero-order chi connectivity index (χ0) is 9.42. The average Bonchev–Trinajstić information content (AvgIpc) is 2.48. The molecule has 0 aliphatic carbocycles. The van der Waals surface area contributed by atoms with Gasteiger partial charge in [-0.1, -0.05) is 11.6 Å². The van der Waals surface area contributed by atoms with Crippen LogP contribution in [0, 0.1) is 11.3 Å². The van der Waals surface area contributed by atoms with Gasteiger partial charge in [0.25, 0.3) is 0 Å². The van der Waals surface area contributed by atoms with Crippen LogP contribution in [0.25, 0.3) is 10.9 Å². The van der Waals surface area contributed by atoms with Crippen LogP contribution in [0.15, 0.2) is 22.8 Å². The van der Waals surface area contributed by atoms with E-state index < -0.39 is 0 Å². The van der Waals surface area contributed by atoms with Crippen LogP contribution in [-0.2, 0) is 0 Å². The summed E-state index contributed by atoms with van der Waals surface area (Å²) in [4.78, 5) is 2.98. The van der Waals surface area contributed by atoms with E-state index in [4.69, 9.17) is 16.9 Å². The van der Waals surface area contributed by atoms with Crippen molar-refractivity contribution in [2.24, 2.45) is 0 Å². The third-order valence-corrected chi connectivity index (χ3v) is 3.04. The Kier molecular flexibility index (Phi) is 2.03. The molecule has 1 heterocycles. The van der Waals surface area contributed by atoms with Crippen molar-refractivity contribution in [2.75, 3.05) is 0 Å². The predicted molar refractivity (Wildman–Crippen MR) is 55.7 cm³/mol. The first-order valence-electron chi connectivity index (χ1n) is 3.58. The Bertz CT molecular complexity index is 510. The van der Waals surface area contributed by atoms with Gasteiger partial charge in [0.2, 0.25) is 0 Å². The summed E-state index contributed by atoms with van der Waals surface area (Å²) < 4.78 is 0.803. The summed E-state index contributed by atoms with van der Waals surface area (Å²) in [6, 6.07) is 5.73. The highest BCUT2D eigenvalue weighted by molar-refractivity contribution is 9.10.